The average Bonchev–Trinajstić information content (AvgIpc) is 2.77. The van der Waals surface area contributed by atoms with Gasteiger partial charge in [-0.3, -0.25) is 14.3 Å². The molecule has 0 aliphatic carbocycles. The molecule has 2 aromatic carbocycles. The molecule has 1 aromatic heterocycles. The Balaban J connectivity index is 1.40. The van der Waals surface area contributed by atoms with E-state index in [1.807, 2.05) is 12.1 Å². The fraction of sp³-hybridized carbons (Fsp3) is 0.304. The normalized spacial score (nSPS) is 14.7. The van der Waals surface area contributed by atoms with Crippen molar-refractivity contribution in [1.29, 1.82) is 0 Å². The summed E-state index contributed by atoms with van der Waals surface area (Å²) in [4.78, 5) is 30.3. The molecule has 0 atom stereocenters. The van der Waals surface area contributed by atoms with Crippen LogP contribution in [0.5, 0.6) is 5.75 Å². The summed E-state index contributed by atoms with van der Waals surface area (Å²) < 4.78 is 6.53. The van der Waals surface area contributed by atoms with Crippen molar-refractivity contribution < 1.29 is 4.74 Å². The van der Waals surface area contributed by atoms with Crippen molar-refractivity contribution >= 4 is 28.1 Å². The molecule has 156 valence electrons. The van der Waals surface area contributed by atoms with E-state index in [2.05, 4.69) is 28.1 Å². The van der Waals surface area contributed by atoms with Gasteiger partial charge in [0.2, 0.25) is 0 Å². The molecule has 0 spiro atoms. The summed E-state index contributed by atoms with van der Waals surface area (Å²) in [6.07, 6.45) is 3.94. The Morgan fingerprint density at radius 1 is 1.10 bits per heavy atom. The van der Waals surface area contributed by atoms with Crippen LogP contribution in [0.1, 0.15) is 18.4 Å². The fourth-order valence-electron chi connectivity index (χ4n) is 3.92. The molecule has 0 amide bonds. The van der Waals surface area contributed by atoms with E-state index in [9.17, 15) is 9.59 Å². The summed E-state index contributed by atoms with van der Waals surface area (Å²) in [6.45, 7) is 3.02. The Labute approximate surface area is 179 Å². The summed E-state index contributed by atoms with van der Waals surface area (Å²) in [6, 6.07) is 13.1. The number of fused-ring (bicyclic) bond motifs is 1. The van der Waals surface area contributed by atoms with Crippen LogP contribution in [0.3, 0.4) is 0 Å². The van der Waals surface area contributed by atoms with Gasteiger partial charge in [-0.1, -0.05) is 35.9 Å². The number of H-pyrrole nitrogens is 1. The zero-order valence-electron chi connectivity index (χ0n) is 16.9. The highest BCUT2D eigenvalue weighted by Crippen LogP contribution is 2.24. The molecule has 4 rings (SSSR count). The van der Waals surface area contributed by atoms with Crippen LogP contribution in [0.4, 0.5) is 0 Å². The number of para-hydroxylation sites is 1. The lowest BCUT2D eigenvalue weighted by molar-refractivity contribution is 0.290. The van der Waals surface area contributed by atoms with Crippen molar-refractivity contribution in [3.8, 4) is 5.75 Å². The van der Waals surface area contributed by atoms with Gasteiger partial charge in [-0.15, -0.1) is 0 Å². The molecule has 3 aromatic rings. The van der Waals surface area contributed by atoms with Crippen LogP contribution < -0.4 is 16.0 Å². The number of methoxy groups -OCH3 is 1. The highest BCUT2D eigenvalue weighted by molar-refractivity contribution is 6.30. The maximum absolute atomic E-state index is 12.8. The van der Waals surface area contributed by atoms with E-state index in [0.717, 1.165) is 37.5 Å². The number of aromatic amines is 1. The molecule has 1 aliphatic rings. The monoisotopic (exact) mass is 425 g/mol. The predicted molar refractivity (Wildman–Crippen MR) is 120 cm³/mol. The third-order valence-corrected chi connectivity index (χ3v) is 5.82. The molecule has 0 bridgehead atoms. The number of rotatable bonds is 6. The minimum absolute atomic E-state index is 0.281. The lowest BCUT2D eigenvalue weighted by Gasteiger charge is -2.26. The molecule has 30 heavy (non-hydrogen) atoms. The number of ether oxygens (including phenoxy) is 1. The standard InChI is InChI=1S/C23H24ClN3O3/c1-30-20-5-2-4-19-21(20)25-23(29)27(22(19)28)13-3-12-26-14-10-17(11-15-26)16-6-8-18(24)9-7-16/h2,4-10H,3,11-15H2,1H3,(H,25,29). The van der Waals surface area contributed by atoms with E-state index in [0.29, 0.717) is 23.2 Å². The second-order valence-electron chi connectivity index (χ2n) is 7.41. The second kappa shape index (κ2) is 8.90. The first-order valence-electron chi connectivity index (χ1n) is 10.0. The molecule has 1 aliphatic heterocycles. The van der Waals surface area contributed by atoms with Gasteiger partial charge in [-0.25, -0.2) is 4.79 Å². The lowest BCUT2D eigenvalue weighted by Crippen LogP contribution is -2.37. The largest absolute Gasteiger partial charge is 0.495 e. The Morgan fingerprint density at radius 3 is 2.60 bits per heavy atom. The topological polar surface area (TPSA) is 67.3 Å². The maximum atomic E-state index is 12.8. The van der Waals surface area contributed by atoms with E-state index in [4.69, 9.17) is 16.3 Å². The number of aromatic nitrogens is 2. The maximum Gasteiger partial charge on any atom is 0.328 e. The number of halogens is 1. The van der Waals surface area contributed by atoms with E-state index < -0.39 is 5.69 Å². The van der Waals surface area contributed by atoms with Crippen LogP contribution in [0.15, 0.2) is 58.1 Å². The fourth-order valence-corrected chi connectivity index (χ4v) is 4.04. The average molecular weight is 426 g/mol. The molecule has 6 nitrogen and oxygen atoms in total. The summed E-state index contributed by atoms with van der Waals surface area (Å²) >= 11 is 5.97. The van der Waals surface area contributed by atoms with Gasteiger partial charge in [-0.05, 0) is 48.2 Å². The first kappa shape index (κ1) is 20.4. The third-order valence-electron chi connectivity index (χ3n) is 5.56. The Morgan fingerprint density at radius 2 is 1.90 bits per heavy atom. The van der Waals surface area contributed by atoms with Gasteiger partial charge >= 0.3 is 5.69 Å². The summed E-state index contributed by atoms with van der Waals surface area (Å²) in [7, 11) is 1.52. The van der Waals surface area contributed by atoms with Crippen LogP contribution >= 0.6 is 11.6 Å². The van der Waals surface area contributed by atoms with Crippen LogP contribution in [0.2, 0.25) is 5.02 Å². The van der Waals surface area contributed by atoms with E-state index in [1.165, 1.54) is 22.8 Å². The van der Waals surface area contributed by atoms with Crippen molar-refractivity contribution in [2.24, 2.45) is 0 Å². The first-order valence-corrected chi connectivity index (χ1v) is 10.4. The molecule has 0 unspecified atom stereocenters. The number of nitrogens with one attached hydrogen (secondary N) is 1. The molecule has 2 heterocycles. The van der Waals surface area contributed by atoms with Gasteiger partial charge in [0.05, 0.1) is 18.0 Å². The Hall–Kier alpha value is -2.83. The number of nitrogens with zero attached hydrogens (tertiary/aromatic N) is 2. The van der Waals surface area contributed by atoms with Crippen LogP contribution in [0, 0.1) is 0 Å². The van der Waals surface area contributed by atoms with Crippen LogP contribution in [-0.4, -0.2) is 41.2 Å². The smallest absolute Gasteiger partial charge is 0.328 e. The molecular weight excluding hydrogens is 402 g/mol. The Kier molecular flexibility index (Phi) is 6.06. The zero-order valence-corrected chi connectivity index (χ0v) is 17.6. The van der Waals surface area contributed by atoms with Gasteiger partial charge in [0.15, 0.2) is 0 Å². The van der Waals surface area contributed by atoms with Gasteiger partial charge in [0.1, 0.15) is 5.75 Å². The summed E-state index contributed by atoms with van der Waals surface area (Å²) in [5.74, 6) is 0.491. The van der Waals surface area contributed by atoms with Crippen LogP contribution in [0.25, 0.3) is 16.5 Å². The number of benzene rings is 2. The van der Waals surface area contributed by atoms with Crippen molar-refractivity contribution in [1.82, 2.24) is 14.5 Å². The highest BCUT2D eigenvalue weighted by atomic mass is 35.5. The van der Waals surface area contributed by atoms with Gasteiger partial charge in [0.25, 0.3) is 5.56 Å². The minimum atomic E-state index is -0.402. The zero-order chi connectivity index (χ0) is 21.1. The Bertz CT molecular complexity index is 1200. The van der Waals surface area contributed by atoms with Gasteiger partial charge in [0, 0.05) is 31.2 Å². The minimum Gasteiger partial charge on any atom is -0.495 e. The molecule has 0 radical (unpaired) electrons. The molecule has 0 fully saturated rings. The van der Waals surface area contributed by atoms with Gasteiger partial charge in [-0.2, -0.15) is 0 Å². The predicted octanol–water partition coefficient (Wildman–Crippen LogP) is 3.53. The van der Waals surface area contributed by atoms with Crippen LogP contribution in [-0.2, 0) is 6.54 Å². The number of hydrogen-bond acceptors (Lipinski definition) is 4. The van der Waals surface area contributed by atoms with E-state index >= 15 is 0 Å². The molecule has 0 saturated carbocycles. The second-order valence-corrected chi connectivity index (χ2v) is 7.85. The van der Waals surface area contributed by atoms with Crippen molar-refractivity contribution in [3.05, 3.63) is 80.0 Å². The molecule has 1 N–H and O–H groups in total. The molecule has 0 saturated heterocycles. The SMILES string of the molecule is COc1cccc2c(=O)n(CCCN3CC=C(c4ccc(Cl)cc4)CC3)c(=O)[nH]c12. The lowest BCUT2D eigenvalue weighted by atomic mass is 9.99. The molecular formula is C23H24ClN3O3. The van der Waals surface area contributed by atoms with Gasteiger partial charge < -0.3 is 9.72 Å². The quantitative estimate of drug-likeness (QED) is 0.656. The van der Waals surface area contributed by atoms with Crippen molar-refractivity contribution in [2.45, 2.75) is 19.4 Å². The first-order chi connectivity index (χ1) is 14.6. The highest BCUT2D eigenvalue weighted by Gasteiger charge is 2.14. The van der Waals surface area contributed by atoms with E-state index in [1.54, 1.807) is 18.2 Å². The number of hydrogen-bond donors (Lipinski definition) is 1. The third kappa shape index (κ3) is 4.20. The van der Waals surface area contributed by atoms with Crippen molar-refractivity contribution in [2.75, 3.05) is 26.7 Å². The van der Waals surface area contributed by atoms with Crippen molar-refractivity contribution in [3.63, 3.8) is 0 Å². The summed E-state index contributed by atoms with van der Waals surface area (Å²) in [5.41, 5.74) is 2.31. The van der Waals surface area contributed by atoms with E-state index in [-0.39, 0.29) is 5.56 Å². The summed E-state index contributed by atoms with van der Waals surface area (Å²) in [5, 5.41) is 1.21. The molecule has 7 heteroatoms.